The van der Waals surface area contributed by atoms with Crippen molar-refractivity contribution in [3.05, 3.63) is 69.4 Å². The molecule has 0 spiro atoms. The fraction of sp³-hybridized carbons (Fsp3) is 0.379. The second kappa shape index (κ2) is 10.4. The molecule has 1 aromatic heterocycles. The Morgan fingerprint density at radius 3 is 2.41 bits per heavy atom. The van der Waals surface area contributed by atoms with Crippen LogP contribution in [0, 0.1) is 5.92 Å². The summed E-state index contributed by atoms with van der Waals surface area (Å²) in [7, 11) is 0. The number of aromatic nitrogens is 1. The van der Waals surface area contributed by atoms with Gasteiger partial charge in [0, 0.05) is 40.8 Å². The van der Waals surface area contributed by atoms with E-state index in [1.54, 1.807) is 47.4 Å². The van der Waals surface area contributed by atoms with Gasteiger partial charge in [-0.2, -0.15) is 0 Å². The molecule has 2 saturated carbocycles. The third-order valence-electron chi connectivity index (χ3n) is 7.84. The number of carboxylic acids is 1. The number of hydrogen-bond donors (Lipinski definition) is 1. The molecular weight excluding hydrogens is 543 g/mol. The minimum Gasteiger partial charge on any atom is -0.481 e. The van der Waals surface area contributed by atoms with E-state index in [-0.39, 0.29) is 49.2 Å². The van der Waals surface area contributed by atoms with E-state index in [0.717, 1.165) is 29.9 Å². The van der Waals surface area contributed by atoms with Gasteiger partial charge in [-0.3, -0.25) is 14.4 Å². The molecular formula is C29H26Cl2N2O6. The van der Waals surface area contributed by atoms with Crippen LogP contribution in [-0.2, 0) is 20.9 Å². The van der Waals surface area contributed by atoms with Crippen LogP contribution in [0.1, 0.15) is 66.1 Å². The number of ether oxygens (including phenoxy) is 1. The molecule has 2 bridgehead atoms. The normalized spacial score (nSPS) is 22.1. The molecule has 39 heavy (non-hydrogen) atoms. The fourth-order valence-electron chi connectivity index (χ4n) is 5.74. The number of hydrogen-bond acceptors (Lipinski definition) is 6. The minimum absolute atomic E-state index is 0.00307. The average molecular weight is 569 g/mol. The van der Waals surface area contributed by atoms with E-state index >= 15 is 0 Å². The quantitative estimate of drug-likeness (QED) is 0.286. The van der Waals surface area contributed by atoms with Gasteiger partial charge in [0.25, 0.3) is 0 Å². The van der Waals surface area contributed by atoms with E-state index in [2.05, 4.69) is 5.16 Å². The largest absolute Gasteiger partial charge is 0.481 e. The van der Waals surface area contributed by atoms with Gasteiger partial charge < -0.3 is 19.3 Å². The predicted molar refractivity (Wildman–Crippen MR) is 144 cm³/mol. The molecule has 1 N–H and O–H groups in total. The lowest BCUT2D eigenvalue weighted by Crippen LogP contribution is -2.43. The van der Waals surface area contributed by atoms with E-state index < -0.39 is 5.97 Å². The third kappa shape index (κ3) is 4.97. The van der Waals surface area contributed by atoms with Gasteiger partial charge in [-0.15, -0.1) is 0 Å². The van der Waals surface area contributed by atoms with Gasteiger partial charge in [-0.25, -0.2) is 0 Å². The van der Waals surface area contributed by atoms with Crippen molar-refractivity contribution >= 4 is 46.5 Å². The van der Waals surface area contributed by atoms with Crippen molar-refractivity contribution in [3.63, 3.8) is 0 Å². The molecule has 3 aliphatic rings. The first-order valence-electron chi connectivity index (χ1n) is 13.0. The third-order valence-corrected chi connectivity index (χ3v) is 8.47. The topological polar surface area (TPSA) is 110 Å². The smallest absolute Gasteiger partial charge is 0.303 e. The van der Waals surface area contributed by atoms with Crippen molar-refractivity contribution in [2.75, 3.05) is 4.90 Å². The van der Waals surface area contributed by atoms with E-state index in [9.17, 15) is 14.4 Å². The maximum absolute atomic E-state index is 13.3. The number of Topliss-reactive ketones (excluding diaryl/α,β-unsaturated/α-hetero) is 1. The Labute approximate surface area is 234 Å². The zero-order valence-corrected chi connectivity index (χ0v) is 22.5. The van der Waals surface area contributed by atoms with Crippen LogP contribution >= 0.6 is 23.2 Å². The summed E-state index contributed by atoms with van der Waals surface area (Å²) in [6, 6.07) is 12.1. The maximum atomic E-state index is 13.3. The van der Waals surface area contributed by atoms with Crippen molar-refractivity contribution in [1.29, 1.82) is 0 Å². The molecule has 3 atom stereocenters. The number of halogens is 2. The van der Waals surface area contributed by atoms with E-state index in [0.29, 0.717) is 45.6 Å². The van der Waals surface area contributed by atoms with Crippen LogP contribution in [0.15, 0.2) is 47.0 Å². The summed E-state index contributed by atoms with van der Waals surface area (Å²) < 4.78 is 12.1. The van der Waals surface area contributed by atoms with Crippen molar-refractivity contribution in [2.45, 2.75) is 63.2 Å². The summed E-state index contributed by atoms with van der Waals surface area (Å²) in [5.41, 5.74) is 3.21. The van der Waals surface area contributed by atoms with Crippen LogP contribution in [0.3, 0.4) is 0 Å². The lowest BCUT2D eigenvalue weighted by atomic mass is 10.0. The van der Waals surface area contributed by atoms with Crippen LogP contribution in [0.2, 0.25) is 10.0 Å². The Hall–Kier alpha value is -3.20. The molecule has 2 heterocycles. The molecule has 1 saturated heterocycles. The molecule has 0 unspecified atom stereocenters. The maximum Gasteiger partial charge on any atom is 0.303 e. The highest BCUT2D eigenvalue weighted by atomic mass is 35.5. The molecule has 3 aromatic rings. The first-order chi connectivity index (χ1) is 18.8. The number of benzene rings is 2. The number of fused-ring (bicyclic) bond motifs is 2. The number of carboxylic acid groups (broad SMARTS) is 1. The fourth-order valence-corrected chi connectivity index (χ4v) is 6.31. The van der Waals surface area contributed by atoms with Gasteiger partial charge in [-0.1, -0.05) is 34.4 Å². The molecule has 2 aromatic carbocycles. The Balaban J connectivity index is 1.15. The van der Waals surface area contributed by atoms with Crippen LogP contribution in [0.25, 0.3) is 11.3 Å². The first kappa shape index (κ1) is 26.0. The number of anilines is 1. The number of carbonyl (C=O) groups excluding carboxylic acids is 2. The lowest BCUT2D eigenvalue weighted by Gasteiger charge is -2.31. The zero-order chi connectivity index (χ0) is 27.3. The Bertz CT molecular complexity index is 1430. The molecule has 10 heteroatoms. The molecule has 8 nitrogen and oxygen atoms in total. The van der Waals surface area contributed by atoms with Gasteiger partial charge >= 0.3 is 5.97 Å². The van der Waals surface area contributed by atoms with Crippen molar-refractivity contribution < 1.29 is 28.8 Å². The molecule has 202 valence electrons. The number of amides is 1. The van der Waals surface area contributed by atoms with E-state index in [4.69, 9.17) is 37.6 Å². The number of carbonyl (C=O) groups is 3. The first-order valence-corrected chi connectivity index (χ1v) is 13.8. The van der Waals surface area contributed by atoms with Crippen LogP contribution in [0.5, 0.6) is 0 Å². The predicted octanol–water partition coefficient (Wildman–Crippen LogP) is 6.28. The Kier molecular flexibility index (Phi) is 6.95. The second-order valence-electron chi connectivity index (χ2n) is 10.4. The van der Waals surface area contributed by atoms with Gasteiger partial charge in [0.1, 0.15) is 11.5 Å². The Morgan fingerprint density at radius 2 is 1.77 bits per heavy atom. The summed E-state index contributed by atoms with van der Waals surface area (Å²) in [4.78, 5) is 38.1. The monoisotopic (exact) mass is 568 g/mol. The van der Waals surface area contributed by atoms with Crippen molar-refractivity contribution in [3.8, 4) is 11.3 Å². The Morgan fingerprint density at radius 1 is 1.05 bits per heavy atom. The van der Waals surface area contributed by atoms with Gasteiger partial charge in [0.05, 0.1) is 35.1 Å². The van der Waals surface area contributed by atoms with Gasteiger partial charge in [-0.05, 0) is 62.1 Å². The SMILES string of the molecule is O=C(O)CCC(=O)c1ccc(N2C(=O)[C@@H]3C[C@H]2C[C@H]3OCc2c(-c3c(Cl)cccc3Cl)noc2C2CC2)cc1. The number of aliphatic carboxylic acids is 1. The highest BCUT2D eigenvalue weighted by Crippen LogP contribution is 2.47. The van der Waals surface area contributed by atoms with Gasteiger partial charge in [0.15, 0.2) is 5.78 Å². The summed E-state index contributed by atoms with van der Waals surface area (Å²) in [6.07, 6.45) is 2.97. The summed E-state index contributed by atoms with van der Waals surface area (Å²) in [5, 5.41) is 14.1. The highest BCUT2D eigenvalue weighted by molar-refractivity contribution is 6.39. The second-order valence-corrected chi connectivity index (χ2v) is 11.2. The lowest BCUT2D eigenvalue weighted by molar-refractivity contribution is -0.137. The number of rotatable bonds is 10. The molecule has 2 aliphatic carbocycles. The highest BCUT2D eigenvalue weighted by Gasteiger charge is 2.52. The van der Waals surface area contributed by atoms with Crippen LogP contribution < -0.4 is 4.90 Å². The van der Waals surface area contributed by atoms with Crippen LogP contribution in [-0.4, -0.2) is 40.1 Å². The standard InChI is InChI=1S/C29H26Cl2N2O6/c30-21-2-1-3-22(31)26(21)27-20(28(39-32-27)16-4-5-16)14-38-24-13-18-12-19(24)29(37)33(18)17-8-6-15(7-9-17)23(34)10-11-25(35)36/h1-3,6-9,16,18-19,24H,4-5,10-14H2,(H,35,36)/t18-,19+,24+/m0/s1. The average Bonchev–Trinajstić information content (AvgIpc) is 3.42. The van der Waals surface area contributed by atoms with Gasteiger partial charge in [0.2, 0.25) is 5.91 Å². The molecule has 6 rings (SSSR count). The molecule has 1 amide bonds. The molecule has 1 aliphatic heterocycles. The van der Waals surface area contributed by atoms with E-state index in [1.165, 1.54) is 0 Å². The summed E-state index contributed by atoms with van der Waals surface area (Å²) in [5.74, 6) is -0.389. The number of nitrogens with zero attached hydrogens (tertiary/aromatic N) is 2. The van der Waals surface area contributed by atoms with Crippen molar-refractivity contribution in [1.82, 2.24) is 5.16 Å². The number of ketones is 1. The van der Waals surface area contributed by atoms with E-state index in [1.807, 2.05) is 0 Å². The number of piperidine rings is 1. The van der Waals surface area contributed by atoms with Crippen LogP contribution in [0.4, 0.5) is 5.69 Å². The molecule has 3 fully saturated rings. The zero-order valence-electron chi connectivity index (χ0n) is 20.9. The summed E-state index contributed by atoms with van der Waals surface area (Å²) >= 11 is 12.9. The molecule has 0 radical (unpaired) electrons. The summed E-state index contributed by atoms with van der Waals surface area (Å²) in [6.45, 7) is 0.251. The van der Waals surface area contributed by atoms with Crippen molar-refractivity contribution in [2.24, 2.45) is 5.92 Å². The minimum atomic E-state index is -1.01.